The van der Waals surface area contributed by atoms with E-state index >= 15 is 4.79 Å². The van der Waals surface area contributed by atoms with Gasteiger partial charge >= 0.3 is 6.09 Å². The van der Waals surface area contributed by atoms with E-state index in [0.29, 0.717) is 54.2 Å². The minimum atomic E-state index is -1.12. The largest absolute Gasteiger partial charge is 0.444 e. The zero-order chi connectivity index (χ0) is 57.5. The minimum Gasteiger partial charge on any atom is -0.444 e. The lowest BCUT2D eigenvalue weighted by Crippen LogP contribution is -2.45. The Hall–Kier alpha value is -10.2. The number of rotatable bonds is 13. The van der Waals surface area contributed by atoms with Gasteiger partial charge in [0.1, 0.15) is 34.6 Å². The second-order valence-electron chi connectivity index (χ2n) is 22.3. The van der Waals surface area contributed by atoms with Crippen molar-refractivity contribution in [3.63, 3.8) is 0 Å². The lowest BCUT2D eigenvalue weighted by molar-refractivity contribution is -0.132. The van der Waals surface area contributed by atoms with E-state index in [1.54, 1.807) is 0 Å². The van der Waals surface area contributed by atoms with Gasteiger partial charge in [0, 0.05) is 37.0 Å². The number of carbonyl (C=O) groups excluding carboxylic acids is 2. The average Bonchev–Trinajstić information content (AvgIpc) is 3.19. The summed E-state index contributed by atoms with van der Waals surface area (Å²) in [4.78, 5) is 38.9. The molecule has 0 unspecified atom stereocenters. The zero-order valence-corrected chi connectivity index (χ0v) is 47.4. The number of ether oxygens (including phenoxy) is 1. The highest BCUT2D eigenvalue weighted by Gasteiger charge is 2.43. The van der Waals surface area contributed by atoms with Crippen molar-refractivity contribution in [1.82, 2.24) is 39.6 Å². The van der Waals surface area contributed by atoms with Gasteiger partial charge in [-0.25, -0.2) is 14.5 Å². The summed E-state index contributed by atoms with van der Waals surface area (Å²) >= 11 is 0. The first kappa shape index (κ1) is 54.4. The fourth-order valence-electron chi connectivity index (χ4n) is 11.7. The number of aromatic nitrogens is 6. The molecular weight excluding hydrogens is 1040 g/mol. The Labute approximate surface area is 490 Å². The molecule has 0 saturated heterocycles. The molecule has 4 heterocycles. The van der Waals surface area contributed by atoms with Gasteiger partial charge in [-0.05, 0) is 88.9 Å². The predicted octanol–water partition coefficient (Wildman–Crippen LogP) is 13.6. The SMILES string of the molecule is CC(C)(C)OC(=O)N1C/C=C(/c2cc(NC(c3ccccc3)(c3ccccc3)c3ccccc3)nc3c2nnn3C(c2ccccc2)(c2ccccc2)c2ccccc2)c2cnn(c2)Cc2cccc(c2)CN(CCc2ccccc2)C(=O)C1. The van der Waals surface area contributed by atoms with Crippen molar-refractivity contribution < 1.29 is 14.3 Å². The Balaban J connectivity index is 1.13. The van der Waals surface area contributed by atoms with E-state index in [4.69, 9.17) is 25.1 Å². The van der Waals surface area contributed by atoms with Crippen molar-refractivity contribution in [2.24, 2.45) is 0 Å². The highest BCUT2D eigenvalue weighted by molar-refractivity contribution is 5.95. The maximum Gasteiger partial charge on any atom is 0.411 e. The maximum absolute atomic E-state index is 15.1. The Morgan fingerprint density at radius 2 is 1.08 bits per heavy atom. The number of pyridine rings is 1. The fraction of sp³-hybridized carbons (Fsp3) is 0.167. The monoisotopic (exact) mass is 1100 g/mol. The van der Waals surface area contributed by atoms with E-state index in [1.807, 2.05) is 163 Å². The topological polar surface area (TPSA) is 123 Å². The molecule has 0 saturated carbocycles. The Morgan fingerprint density at radius 1 is 0.583 bits per heavy atom. The normalized spacial score (nSPS) is 14.0. The first-order valence-electron chi connectivity index (χ1n) is 28.5. The standard InChI is InChI=1S/C72H65N9O3/c1-70(2,3)84-69(83)79-45-43-63(56-48-73-80(51-56)50-55-29-25-28-54(46-55)49-78(66(82)52-79)44-42-53-26-11-4-12-27-53)64-47-65(75-71(57-30-13-5-14-31-57,58-32-15-6-16-33-58)59-34-17-7-18-35-59)74-68-67(64)76-77-81(68)72(60-36-19-8-20-37-60,61-38-21-9-22-39-61)62-40-23-10-24-41-62/h4-41,43,46-48,51H,42,44-45,49-50,52H2,1-3H3,(H,74,75)/b63-43+. The van der Waals surface area contributed by atoms with Crippen molar-refractivity contribution in [3.05, 3.63) is 322 Å². The lowest BCUT2D eigenvalue weighted by atomic mass is 9.77. The summed E-state index contributed by atoms with van der Waals surface area (Å²) in [6, 6.07) is 82.9. The third-order valence-corrected chi connectivity index (χ3v) is 15.5. The van der Waals surface area contributed by atoms with Crippen LogP contribution < -0.4 is 5.32 Å². The van der Waals surface area contributed by atoms with Gasteiger partial charge in [-0.1, -0.05) is 248 Å². The van der Waals surface area contributed by atoms with E-state index in [-0.39, 0.29) is 19.0 Å². The van der Waals surface area contributed by atoms with Gasteiger partial charge in [0.2, 0.25) is 5.91 Å². The molecule has 3 aromatic heterocycles. The number of amides is 2. The van der Waals surface area contributed by atoms with Crippen molar-refractivity contribution >= 4 is 34.6 Å². The molecule has 1 aliphatic rings. The molecule has 84 heavy (non-hydrogen) atoms. The van der Waals surface area contributed by atoms with Gasteiger partial charge < -0.3 is 15.0 Å². The summed E-state index contributed by atoms with van der Waals surface area (Å²) in [7, 11) is 0. The molecule has 0 atom stereocenters. The van der Waals surface area contributed by atoms with Crippen LogP contribution in [0.1, 0.15) is 82.0 Å². The number of hydrogen-bond acceptors (Lipinski definition) is 8. The predicted molar refractivity (Wildman–Crippen MR) is 331 cm³/mol. The second-order valence-corrected chi connectivity index (χ2v) is 22.3. The molecule has 0 spiro atoms. The minimum absolute atomic E-state index is 0.0217. The van der Waals surface area contributed by atoms with Crippen molar-refractivity contribution in [3.8, 4) is 0 Å². The number of nitrogens with zero attached hydrogens (tertiary/aromatic N) is 8. The molecule has 12 rings (SSSR count). The molecule has 4 bridgehead atoms. The van der Waals surface area contributed by atoms with Crippen molar-refractivity contribution in [2.45, 2.75) is 57.0 Å². The first-order chi connectivity index (χ1) is 41.0. The molecule has 1 N–H and O–H groups in total. The number of anilines is 1. The van der Waals surface area contributed by atoms with Crippen LogP contribution in [0.3, 0.4) is 0 Å². The quantitative estimate of drug-likeness (QED) is 0.113. The zero-order valence-electron chi connectivity index (χ0n) is 47.4. The van der Waals surface area contributed by atoms with Crippen LogP contribution in [0.5, 0.6) is 0 Å². The smallest absolute Gasteiger partial charge is 0.411 e. The third-order valence-electron chi connectivity index (χ3n) is 15.5. The first-order valence-corrected chi connectivity index (χ1v) is 28.5. The Kier molecular flexibility index (Phi) is 15.4. The molecule has 12 heteroatoms. The van der Waals surface area contributed by atoms with Crippen LogP contribution in [0.4, 0.5) is 10.6 Å². The summed E-state index contributed by atoms with van der Waals surface area (Å²) in [5.41, 5.74) is 8.95. The van der Waals surface area contributed by atoms with Crippen LogP contribution in [0.2, 0.25) is 0 Å². The van der Waals surface area contributed by atoms with E-state index in [2.05, 4.69) is 139 Å². The van der Waals surface area contributed by atoms with Crippen LogP contribution in [0.25, 0.3) is 16.7 Å². The van der Waals surface area contributed by atoms with Gasteiger partial charge in [-0.15, -0.1) is 5.10 Å². The molecule has 11 aromatic rings. The van der Waals surface area contributed by atoms with Crippen molar-refractivity contribution in [2.75, 3.05) is 25.0 Å². The van der Waals surface area contributed by atoms with Crippen LogP contribution >= 0.6 is 0 Å². The number of fused-ring (bicyclic) bond motifs is 5. The summed E-state index contributed by atoms with van der Waals surface area (Å²) in [5.74, 6) is 0.298. The van der Waals surface area contributed by atoms with Gasteiger partial charge in [0.05, 0.1) is 12.7 Å². The average molecular weight is 1100 g/mol. The summed E-state index contributed by atoms with van der Waals surface area (Å²) in [5, 5.41) is 19.6. The maximum atomic E-state index is 15.1. The van der Waals surface area contributed by atoms with Gasteiger partial charge in [0.25, 0.3) is 0 Å². The molecule has 0 radical (unpaired) electrons. The van der Waals surface area contributed by atoms with E-state index < -0.39 is 22.8 Å². The highest BCUT2D eigenvalue weighted by Crippen LogP contribution is 2.45. The van der Waals surface area contributed by atoms with Crippen LogP contribution in [-0.2, 0) is 40.1 Å². The van der Waals surface area contributed by atoms with E-state index in [1.165, 1.54) is 4.90 Å². The van der Waals surface area contributed by atoms with Gasteiger partial charge in [0.15, 0.2) is 5.65 Å². The number of benzene rings is 8. The van der Waals surface area contributed by atoms with Crippen LogP contribution in [0, 0.1) is 0 Å². The number of carbonyl (C=O) groups is 2. The summed E-state index contributed by atoms with van der Waals surface area (Å²) in [6.45, 7) is 6.48. The molecule has 12 nitrogen and oxygen atoms in total. The summed E-state index contributed by atoms with van der Waals surface area (Å²) < 4.78 is 10.0. The molecular formula is C72H65N9O3. The molecule has 8 aromatic carbocycles. The molecule has 0 aliphatic carbocycles. The van der Waals surface area contributed by atoms with E-state index in [0.717, 1.165) is 55.6 Å². The van der Waals surface area contributed by atoms with Gasteiger partial charge in [-0.3, -0.25) is 14.4 Å². The van der Waals surface area contributed by atoms with Crippen LogP contribution in [0.15, 0.2) is 261 Å². The molecule has 416 valence electrons. The number of hydrogen-bond donors (Lipinski definition) is 1. The fourth-order valence-corrected chi connectivity index (χ4v) is 11.7. The number of nitrogens with one attached hydrogen (secondary N) is 1. The highest BCUT2D eigenvalue weighted by atomic mass is 16.6. The lowest BCUT2D eigenvalue weighted by Gasteiger charge is -2.38. The van der Waals surface area contributed by atoms with E-state index in [9.17, 15) is 4.79 Å². The molecule has 2 amide bonds. The second kappa shape index (κ2) is 23.7. The Morgan fingerprint density at radius 3 is 1.61 bits per heavy atom. The molecule has 1 aliphatic heterocycles. The van der Waals surface area contributed by atoms with Crippen LogP contribution in [-0.4, -0.2) is 76.8 Å². The molecule has 0 fully saturated rings. The Bertz CT molecular complexity index is 3860. The van der Waals surface area contributed by atoms with Gasteiger partial charge in [-0.2, -0.15) is 5.10 Å². The third kappa shape index (κ3) is 11.1. The van der Waals surface area contributed by atoms with Crippen molar-refractivity contribution in [1.29, 1.82) is 0 Å². The summed E-state index contributed by atoms with van der Waals surface area (Å²) in [6.07, 6.45) is 5.88.